The molecule has 1 aromatic carbocycles. The first kappa shape index (κ1) is 11.4. The Kier molecular flexibility index (Phi) is 3.24. The second-order valence-electron chi connectivity index (χ2n) is 2.65. The molecule has 0 bridgehead atoms. The van der Waals surface area contributed by atoms with Crippen LogP contribution >= 0.6 is 0 Å². The number of hydrogen-bond acceptors (Lipinski definition) is 4. The monoisotopic (exact) mass is 230 g/mol. The van der Waals surface area contributed by atoms with Crippen LogP contribution in [-0.4, -0.2) is 19.6 Å². The van der Waals surface area contributed by atoms with Crippen molar-refractivity contribution >= 4 is 21.7 Å². The first-order valence-electron chi connectivity index (χ1n) is 3.80. The molecule has 0 radical (unpaired) electrons. The fourth-order valence-electron chi connectivity index (χ4n) is 0.874. The summed E-state index contributed by atoms with van der Waals surface area (Å²) in [6.45, 7) is 0. The zero-order valence-electron chi connectivity index (χ0n) is 7.58. The normalized spacial score (nSPS) is 12.5. The standard InChI is InChI=1S/C7H10N4O3S/c8-7(11-12)10-5-1-3-6(4-2-5)15(9,13)14/h1-4,12H,(H3,8,10,11)(H2,9,13,14). The van der Waals surface area contributed by atoms with Crippen molar-refractivity contribution in [1.82, 2.24) is 5.48 Å². The Bertz CT molecular complexity index is 466. The number of hydrogen-bond donors (Lipinski definition) is 4. The summed E-state index contributed by atoms with van der Waals surface area (Å²) >= 11 is 0. The minimum atomic E-state index is -3.70. The first-order valence-corrected chi connectivity index (χ1v) is 5.35. The van der Waals surface area contributed by atoms with Crippen LogP contribution in [0.25, 0.3) is 0 Å². The molecule has 0 saturated carbocycles. The summed E-state index contributed by atoms with van der Waals surface area (Å²) in [5.41, 5.74) is 7.21. The number of benzene rings is 1. The molecule has 1 rings (SSSR count). The Morgan fingerprint density at radius 3 is 2.27 bits per heavy atom. The van der Waals surface area contributed by atoms with Gasteiger partial charge in [0.05, 0.1) is 10.6 Å². The summed E-state index contributed by atoms with van der Waals surface area (Å²) in [6, 6.07) is 5.39. The molecule has 0 aliphatic heterocycles. The Hall–Kier alpha value is -1.64. The van der Waals surface area contributed by atoms with Crippen molar-refractivity contribution in [2.75, 3.05) is 0 Å². The fourth-order valence-corrected chi connectivity index (χ4v) is 1.39. The smallest absolute Gasteiger partial charge is 0.238 e. The summed E-state index contributed by atoms with van der Waals surface area (Å²) < 4.78 is 21.8. The lowest BCUT2D eigenvalue weighted by molar-refractivity contribution is 0.233. The zero-order chi connectivity index (χ0) is 11.5. The molecular weight excluding hydrogens is 220 g/mol. The van der Waals surface area contributed by atoms with E-state index in [-0.39, 0.29) is 10.9 Å². The van der Waals surface area contributed by atoms with Crippen LogP contribution in [0.2, 0.25) is 0 Å². The van der Waals surface area contributed by atoms with E-state index in [0.29, 0.717) is 5.69 Å². The summed E-state index contributed by atoms with van der Waals surface area (Å²) in [4.78, 5) is 3.68. The lowest BCUT2D eigenvalue weighted by Gasteiger charge is -1.99. The maximum absolute atomic E-state index is 10.9. The summed E-state index contributed by atoms with van der Waals surface area (Å²) in [6.07, 6.45) is 0. The molecule has 0 aliphatic carbocycles. The summed E-state index contributed by atoms with van der Waals surface area (Å²) in [7, 11) is -3.70. The predicted molar refractivity (Wildman–Crippen MR) is 54.0 cm³/mol. The third-order valence-corrected chi connectivity index (χ3v) is 2.46. The van der Waals surface area contributed by atoms with E-state index in [1.165, 1.54) is 24.3 Å². The summed E-state index contributed by atoms with van der Waals surface area (Å²) in [5.74, 6) is -0.196. The Balaban J connectivity index is 3.01. The van der Waals surface area contributed by atoms with Gasteiger partial charge in [-0.05, 0) is 24.3 Å². The number of guanidine groups is 1. The second kappa shape index (κ2) is 4.26. The number of rotatable bonds is 2. The molecular formula is C7H10N4O3S. The summed E-state index contributed by atoms with van der Waals surface area (Å²) in [5, 5.41) is 13.3. The van der Waals surface area contributed by atoms with Gasteiger partial charge < -0.3 is 5.73 Å². The van der Waals surface area contributed by atoms with E-state index in [0.717, 1.165) is 0 Å². The van der Waals surface area contributed by atoms with E-state index < -0.39 is 10.0 Å². The van der Waals surface area contributed by atoms with Gasteiger partial charge >= 0.3 is 0 Å². The highest BCUT2D eigenvalue weighted by Gasteiger charge is 2.06. The van der Waals surface area contributed by atoms with Crippen molar-refractivity contribution < 1.29 is 13.6 Å². The highest BCUT2D eigenvalue weighted by molar-refractivity contribution is 7.89. The molecule has 15 heavy (non-hydrogen) atoms. The Morgan fingerprint density at radius 1 is 1.33 bits per heavy atom. The molecule has 6 N–H and O–H groups in total. The topological polar surface area (TPSA) is 131 Å². The molecule has 1 aromatic rings. The van der Waals surface area contributed by atoms with E-state index in [4.69, 9.17) is 16.1 Å². The molecule has 0 fully saturated rings. The maximum atomic E-state index is 10.9. The highest BCUT2D eigenvalue weighted by atomic mass is 32.2. The lowest BCUT2D eigenvalue weighted by atomic mass is 10.3. The van der Waals surface area contributed by atoms with E-state index in [9.17, 15) is 8.42 Å². The van der Waals surface area contributed by atoms with Gasteiger partial charge in [0.1, 0.15) is 0 Å². The van der Waals surface area contributed by atoms with Gasteiger partial charge in [-0.3, -0.25) is 5.21 Å². The number of nitrogens with zero attached hydrogens (tertiary/aromatic N) is 1. The van der Waals surface area contributed by atoms with Crippen molar-refractivity contribution in [3.8, 4) is 0 Å². The third kappa shape index (κ3) is 3.20. The maximum Gasteiger partial charge on any atom is 0.238 e. The first-order chi connectivity index (χ1) is 6.93. The second-order valence-corrected chi connectivity index (χ2v) is 4.21. The van der Waals surface area contributed by atoms with Gasteiger partial charge in [0.2, 0.25) is 16.0 Å². The van der Waals surface area contributed by atoms with Crippen LogP contribution in [0, 0.1) is 0 Å². The molecule has 0 spiro atoms. The fraction of sp³-hybridized carbons (Fsp3) is 0. The Morgan fingerprint density at radius 2 is 1.87 bits per heavy atom. The molecule has 7 nitrogen and oxygen atoms in total. The SMILES string of the molecule is NC(=Nc1ccc(S(N)(=O)=O)cc1)NO. The molecule has 0 heterocycles. The van der Waals surface area contributed by atoms with Gasteiger partial charge in [0, 0.05) is 0 Å². The van der Waals surface area contributed by atoms with Crippen molar-refractivity contribution in [2.24, 2.45) is 15.9 Å². The number of nitrogens with two attached hydrogens (primary N) is 2. The molecule has 0 aliphatic rings. The molecule has 8 heteroatoms. The van der Waals surface area contributed by atoms with Crippen molar-refractivity contribution in [1.29, 1.82) is 0 Å². The molecule has 0 atom stereocenters. The largest absolute Gasteiger partial charge is 0.368 e. The van der Waals surface area contributed by atoms with Gasteiger partial charge in [-0.2, -0.15) is 0 Å². The minimum Gasteiger partial charge on any atom is -0.368 e. The number of primary sulfonamides is 1. The van der Waals surface area contributed by atoms with Crippen molar-refractivity contribution in [3.05, 3.63) is 24.3 Å². The van der Waals surface area contributed by atoms with Gasteiger partial charge in [0.15, 0.2) is 0 Å². The van der Waals surface area contributed by atoms with Crippen LogP contribution in [0.5, 0.6) is 0 Å². The zero-order valence-corrected chi connectivity index (χ0v) is 8.40. The van der Waals surface area contributed by atoms with Crippen LogP contribution in [0.15, 0.2) is 34.2 Å². The number of aliphatic imine (C=N–C) groups is 1. The van der Waals surface area contributed by atoms with Crippen LogP contribution in [-0.2, 0) is 10.0 Å². The predicted octanol–water partition coefficient (Wildman–Crippen LogP) is -0.741. The van der Waals surface area contributed by atoms with Gasteiger partial charge in [-0.15, -0.1) is 0 Å². The number of sulfonamides is 1. The van der Waals surface area contributed by atoms with Crippen LogP contribution < -0.4 is 16.4 Å². The average molecular weight is 230 g/mol. The Labute approximate surface area is 86.4 Å². The van der Waals surface area contributed by atoms with Crippen molar-refractivity contribution in [3.63, 3.8) is 0 Å². The van der Waals surface area contributed by atoms with E-state index in [1.807, 2.05) is 0 Å². The van der Waals surface area contributed by atoms with Crippen molar-refractivity contribution in [2.45, 2.75) is 4.90 Å². The van der Waals surface area contributed by atoms with Crippen LogP contribution in [0.4, 0.5) is 5.69 Å². The molecule has 0 amide bonds. The van der Waals surface area contributed by atoms with E-state index >= 15 is 0 Å². The molecule has 0 unspecified atom stereocenters. The third-order valence-electron chi connectivity index (χ3n) is 1.53. The van der Waals surface area contributed by atoms with Gasteiger partial charge in [-0.25, -0.2) is 24.0 Å². The van der Waals surface area contributed by atoms with Crippen LogP contribution in [0.3, 0.4) is 0 Å². The van der Waals surface area contributed by atoms with Gasteiger partial charge in [-0.1, -0.05) is 0 Å². The van der Waals surface area contributed by atoms with Gasteiger partial charge in [0.25, 0.3) is 0 Å². The lowest BCUT2D eigenvalue weighted by Crippen LogP contribution is -2.27. The average Bonchev–Trinajstić information content (AvgIpc) is 2.17. The van der Waals surface area contributed by atoms with Crippen LogP contribution in [0.1, 0.15) is 0 Å². The molecule has 0 saturated heterocycles. The van der Waals surface area contributed by atoms with E-state index in [2.05, 4.69) is 4.99 Å². The highest BCUT2D eigenvalue weighted by Crippen LogP contribution is 2.14. The number of nitrogens with one attached hydrogen (secondary N) is 1. The number of hydroxylamine groups is 1. The molecule has 82 valence electrons. The minimum absolute atomic E-state index is 0.0167. The molecule has 0 aromatic heterocycles. The quantitative estimate of drug-likeness (QED) is 0.302. The van der Waals surface area contributed by atoms with E-state index in [1.54, 1.807) is 5.48 Å².